The molecule has 28 heavy (non-hydrogen) atoms. The van der Waals surface area contributed by atoms with Gasteiger partial charge in [0.2, 0.25) is 5.91 Å². The molecule has 0 aromatic carbocycles. The molecule has 1 saturated carbocycles. The normalized spacial score (nSPS) is 23.9. The number of carbonyl (C=O) groups is 1. The summed E-state index contributed by atoms with van der Waals surface area (Å²) in [7, 11) is 1.63. The van der Waals surface area contributed by atoms with Crippen LogP contribution in [0.1, 0.15) is 56.1 Å². The SMILES string of the molecule is COCCOCC(=O)N1CCCC(c2nnc3n2CCN(C2CCCC2)C3)C1. The fraction of sp³-hybridized carbons (Fsp3) is 0.850. The highest BCUT2D eigenvalue weighted by Crippen LogP contribution is 2.30. The number of likely N-dealkylation sites (tertiary alicyclic amines) is 1. The molecule has 1 saturated heterocycles. The number of aromatic nitrogens is 3. The molecular weight excluding hydrogens is 358 g/mol. The van der Waals surface area contributed by atoms with Gasteiger partial charge in [-0.1, -0.05) is 12.8 Å². The largest absolute Gasteiger partial charge is 0.382 e. The molecule has 1 aliphatic carbocycles. The molecule has 1 aromatic heterocycles. The van der Waals surface area contributed by atoms with E-state index in [9.17, 15) is 4.79 Å². The predicted octanol–water partition coefficient (Wildman–Crippen LogP) is 1.41. The zero-order valence-corrected chi connectivity index (χ0v) is 17.0. The number of amides is 1. The third-order valence-electron chi connectivity index (χ3n) is 6.45. The van der Waals surface area contributed by atoms with Gasteiger partial charge in [-0.15, -0.1) is 10.2 Å². The molecule has 8 nitrogen and oxygen atoms in total. The highest BCUT2D eigenvalue weighted by atomic mass is 16.5. The average Bonchev–Trinajstić information content (AvgIpc) is 3.40. The van der Waals surface area contributed by atoms with Crippen LogP contribution in [0.15, 0.2) is 0 Å². The summed E-state index contributed by atoms with van der Waals surface area (Å²) in [5.74, 6) is 2.50. The number of hydrogen-bond acceptors (Lipinski definition) is 6. The average molecular weight is 392 g/mol. The summed E-state index contributed by atoms with van der Waals surface area (Å²) >= 11 is 0. The molecule has 1 unspecified atom stereocenters. The fourth-order valence-electron chi connectivity index (χ4n) is 4.89. The number of nitrogens with zero attached hydrogens (tertiary/aromatic N) is 5. The second-order valence-corrected chi connectivity index (χ2v) is 8.26. The molecule has 2 aliphatic heterocycles. The van der Waals surface area contributed by atoms with Gasteiger partial charge in [-0.05, 0) is 25.7 Å². The molecule has 0 N–H and O–H groups in total. The van der Waals surface area contributed by atoms with Gasteiger partial charge in [-0.25, -0.2) is 0 Å². The predicted molar refractivity (Wildman–Crippen MR) is 104 cm³/mol. The minimum absolute atomic E-state index is 0.0617. The maximum Gasteiger partial charge on any atom is 0.248 e. The minimum atomic E-state index is 0.0617. The third kappa shape index (κ3) is 4.39. The van der Waals surface area contributed by atoms with Crippen molar-refractivity contribution in [1.82, 2.24) is 24.6 Å². The Bertz CT molecular complexity index is 658. The fourth-order valence-corrected chi connectivity index (χ4v) is 4.89. The van der Waals surface area contributed by atoms with Crippen molar-refractivity contribution in [3.8, 4) is 0 Å². The quantitative estimate of drug-likeness (QED) is 0.655. The van der Waals surface area contributed by atoms with Gasteiger partial charge in [0.15, 0.2) is 0 Å². The molecule has 0 radical (unpaired) electrons. The zero-order chi connectivity index (χ0) is 19.3. The molecule has 156 valence electrons. The Hall–Kier alpha value is -1.51. The van der Waals surface area contributed by atoms with Crippen LogP contribution in [0, 0.1) is 0 Å². The number of rotatable bonds is 7. The highest BCUT2D eigenvalue weighted by molar-refractivity contribution is 5.77. The van der Waals surface area contributed by atoms with Crippen molar-refractivity contribution >= 4 is 5.91 Å². The van der Waals surface area contributed by atoms with E-state index in [1.165, 1.54) is 25.7 Å². The van der Waals surface area contributed by atoms with E-state index in [4.69, 9.17) is 9.47 Å². The van der Waals surface area contributed by atoms with E-state index in [0.29, 0.717) is 13.2 Å². The Morgan fingerprint density at radius 1 is 1.07 bits per heavy atom. The molecule has 3 heterocycles. The molecule has 8 heteroatoms. The standard InChI is InChI=1S/C20H33N5O3/c1-27-11-12-28-15-19(26)24-8-4-5-16(13-24)20-22-21-18-14-23(9-10-25(18)20)17-6-2-3-7-17/h16-17H,2-15H2,1H3. The first-order valence-electron chi connectivity index (χ1n) is 10.8. The molecule has 2 fully saturated rings. The van der Waals surface area contributed by atoms with Gasteiger partial charge in [0.05, 0.1) is 19.8 Å². The number of piperidine rings is 1. The number of carbonyl (C=O) groups excluding carboxylic acids is 1. The van der Waals surface area contributed by atoms with Crippen molar-refractivity contribution < 1.29 is 14.3 Å². The lowest BCUT2D eigenvalue weighted by Crippen LogP contribution is -2.43. The van der Waals surface area contributed by atoms with Crippen molar-refractivity contribution in [1.29, 1.82) is 0 Å². The van der Waals surface area contributed by atoms with Gasteiger partial charge >= 0.3 is 0 Å². The van der Waals surface area contributed by atoms with E-state index < -0.39 is 0 Å². The molecule has 3 aliphatic rings. The summed E-state index contributed by atoms with van der Waals surface area (Å²) in [5.41, 5.74) is 0. The van der Waals surface area contributed by atoms with Gasteiger partial charge < -0.3 is 18.9 Å². The van der Waals surface area contributed by atoms with Crippen molar-refractivity contribution in [2.24, 2.45) is 0 Å². The maximum absolute atomic E-state index is 12.5. The lowest BCUT2D eigenvalue weighted by Gasteiger charge is -2.35. The van der Waals surface area contributed by atoms with E-state index in [1.807, 2.05) is 4.90 Å². The van der Waals surface area contributed by atoms with Gasteiger partial charge in [-0.2, -0.15) is 0 Å². The van der Waals surface area contributed by atoms with Crippen LogP contribution in [0.2, 0.25) is 0 Å². The van der Waals surface area contributed by atoms with Gasteiger partial charge in [0, 0.05) is 45.2 Å². The first-order chi connectivity index (χ1) is 13.8. The molecule has 1 atom stereocenters. The summed E-state index contributed by atoms with van der Waals surface area (Å²) in [6.07, 6.45) is 7.45. The Labute approximate surface area is 167 Å². The van der Waals surface area contributed by atoms with Crippen LogP contribution in [0.25, 0.3) is 0 Å². The summed E-state index contributed by atoms with van der Waals surface area (Å²) in [4.78, 5) is 17.0. The van der Waals surface area contributed by atoms with Crippen LogP contribution in [-0.4, -0.2) is 83.1 Å². The lowest BCUT2D eigenvalue weighted by atomic mass is 9.97. The van der Waals surface area contributed by atoms with Crippen molar-refractivity contribution in [3.05, 3.63) is 11.6 Å². The monoisotopic (exact) mass is 391 g/mol. The summed E-state index contributed by atoms with van der Waals surface area (Å²) in [6.45, 7) is 5.60. The second-order valence-electron chi connectivity index (χ2n) is 8.26. The van der Waals surface area contributed by atoms with Crippen LogP contribution in [0.4, 0.5) is 0 Å². The van der Waals surface area contributed by atoms with Crippen molar-refractivity contribution in [2.45, 2.75) is 63.6 Å². The summed E-state index contributed by atoms with van der Waals surface area (Å²) < 4.78 is 12.7. The van der Waals surface area contributed by atoms with Crippen LogP contribution in [0.3, 0.4) is 0 Å². The number of methoxy groups -OCH3 is 1. The Balaban J connectivity index is 1.35. The lowest BCUT2D eigenvalue weighted by molar-refractivity contribution is -0.137. The molecular formula is C20H33N5O3. The Morgan fingerprint density at radius 2 is 1.93 bits per heavy atom. The summed E-state index contributed by atoms with van der Waals surface area (Å²) in [6, 6.07) is 0.731. The second kappa shape index (κ2) is 9.33. The van der Waals surface area contributed by atoms with Crippen LogP contribution >= 0.6 is 0 Å². The van der Waals surface area contributed by atoms with Crippen molar-refractivity contribution in [3.63, 3.8) is 0 Å². The van der Waals surface area contributed by atoms with E-state index in [0.717, 1.165) is 63.3 Å². The van der Waals surface area contributed by atoms with Crippen LogP contribution in [-0.2, 0) is 27.4 Å². The minimum Gasteiger partial charge on any atom is -0.382 e. The van der Waals surface area contributed by atoms with E-state index in [-0.39, 0.29) is 18.4 Å². The van der Waals surface area contributed by atoms with Gasteiger partial charge in [0.1, 0.15) is 18.3 Å². The van der Waals surface area contributed by atoms with Crippen LogP contribution < -0.4 is 0 Å². The van der Waals surface area contributed by atoms with Crippen LogP contribution in [0.5, 0.6) is 0 Å². The summed E-state index contributed by atoms with van der Waals surface area (Å²) in [5, 5.41) is 9.09. The smallest absolute Gasteiger partial charge is 0.248 e. The molecule has 1 aromatic rings. The van der Waals surface area contributed by atoms with Gasteiger partial charge in [-0.3, -0.25) is 9.69 Å². The number of ether oxygens (including phenoxy) is 2. The molecule has 0 spiro atoms. The highest BCUT2D eigenvalue weighted by Gasteiger charge is 2.32. The third-order valence-corrected chi connectivity index (χ3v) is 6.45. The first-order valence-corrected chi connectivity index (χ1v) is 10.8. The van der Waals surface area contributed by atoms with Gasteiger partial charge in [0.25, 0.3) is 0 Å². The molecule has 4 rings (SSSR count). The number of hydrogen-bond donors (Lipinski definition) is 0. The topological polar surface area (TPSA) is 72.7 Å². The molecule has 1 amide bonds. The van der Waals surface area contributed by atoms with E-state index in [2.05, 4.69) is 19.7 Å². The Kier molecular flexibility index (Phi) is 6.59. The maximum atomic E-state index is 12.5. The molecule has 0 bridgehead atoms. The zero-order valence-electron chi connectivity index (χ0n) is 17.0. The first kappa shape index (κ1) is 19.8. The Morgan fingerprint density at radius 3 is 2.75 bits per heavy atom. The van der Waals surface area contributed by atoms with Crippen molar-refractivity contribution in [2.75, 3.05) is 46.6 Å². The van der Waals surface area contributed by atoms with E-state index in [1.54, 1.807) is 7.11 Å². The number of fused-ring (bicyclic) bond motifs is 1. The van der Waals surface area contributed by atoms with E-state index >= 15 is 0 Å².